The van der Waals surface area contributed by atoms with Gasteiger partial charge in [0.05, 0.1) is 11.7 Å². The van der Waals surface area contributed by atoms with E-state index < -0.39 is 0 Å². The Labute approximate surface area is 127 Å². The number of fused-ring (bicyclic) bond motifs is 1. The van der Waals surface area contributed by atoms with Gasteiger partial charge in [-0.25, -0.2) is 9.37 Å². The molecule has 20 heavy (non-hydrogen) atoms. The maximum atomic E-state index is 13.5. The first-order chi connectivity index (χ1) is 9.67. The normalized spacial score (nSPS) is 15.9. The van der Waals surface area contributed by atoms with Crippen LogP contribution in [0.4, 0.5) is 4.39 Å². The van der Waals surface area contributed by atoms with Gasteiger partial charge in [-0.15, -0.1) is 11.3 Å². The van der Waals surface area contributed by atoms with Gasteiger partial charge in [0.2, 0.25) is 0 Å². The van der Waals surface area contributed by atoms with Crippen LogP contribution in [0.25, 0.3) is 0 Å². The molecule has 1 aliphatic rings. The zero-order valence-electron chi connectivity index (χ0n) is 11.2. The minimum Gasteiger partial charge on any atom is -0.307 e. The van der Waals surface area contributed by atoms with Crippen molar-refractivity contribution in [1.29, 1.82) is 0 Å². The smallest absolute Gasteiger partial charge is 0.125 e. The second-order valence-corrected chi connectivity index (χ2v) is 6.61. The number of benzene rings is 1. The Morgan fingerprint density at radius 2 is 2.10 bits per heavy atom. The maximum absolute atomic E-state index is 13.5. The van der Waals surface area contributed by atoms with Crippen molar-refractivity contribution in [2.75, 3.05) is 7.05 Å². The van der Waals surface area contributed by atoms with Gasteiger partial charge in [-0.1, -0.05) is 11.6 Å². The van der Waals surface area contributed by atoms with Gasteiger partial charge in [-0.05, 0) is 56.5 Å². The van der Waals surface area contributed by atoms with Crippen molar-refractivity contribution in [2.45, 2.75) is 31.7 Å². The van der Waals surface area contributed by atoms with Crippen LogP contribution in [0.15, 0.2) is 18.2 Å². The fourth-order valence-electron chi connectivity index (χ4n) is 2.67. The van der Waals surface area contributed by atoms with E-state index in [1.165, 1.54) is 35.5 Å². The number of rotatable bonds is 3. The summed E-state index contributed by atoms with van der Waals surface area (Å²) < 4.78 is 13.5. The van der Waals surface area contributed by atoms with E-state index in [0.29, 0.717) is 5.02 Å². The fourth-order valence-corrected chi connectivity index (χ4v) is 4.19. The van der Waals surface area contributed by atoms with Crippen molar-refractivity contribution in [3.05, 3.63) is 50.2 Å². The summed E-state index contributed by atoms with van der Waals surface area (Å²) in [6, 6.07) is 4.54. The molecule has 3 rings (SSSR count). The third-order valence-corrected chi connectivity index (χ3v) is 5.06. The van der Waals surface area contributed by atoms with Crippen LogP contribution in [0.2, 0.25) is 5.02 Å². The molecule has 1 N–H and O–H groups in total. The van der Waals surface area contributed by atoms with Crippen molar-refractivity contribution in [1.82, 2.24) is 10.3 Å². The molecule has 1 heterocycles. The summed E-state index contributed by atoms with van der Waals surface area (Å²) in [4.78, 5) is 6.13. The molecular formula is C15H16ClFN2S. The number of hydrogen-bond donors (Lipinski definition) is 1. The molecule has 0 spiro atoms. The van der Waals surface area contributed by atoms with Crippen LogP contribution in [-0.4, -0.2) is 12.0 Å². The molecule has 1 unspecified atom stereocenters. The van der Waals surface area contributed by atoms with E-state index in [0.717, 1.165) is 23.4 Å². The number of nitrogens with zero attached hydrogens (tertiary/aromatic N) is 1. The predicted octanol–water partition coefficient (Wildman–Crippen LogP) is 4.12. The molecule has 0 bridgehead atoms. The largest absolute Gasteiger partial charge is 0.307 e. The molecule has 1 aliphatic carbocycles. The van der Waals surface area contributed by atoms with Gasteiger partial charge in [-0.2, -0.15) is 0 Å². The van der Waals surface area contributed by atoms with Crippen molar-refractivity contribution < 1.29 is 4.39 Å². The lowest BCUT2D eigenvalue weighted by molar-refractivity contribution is 0.615. The van der Waals surface area contributed by atoms with Crippen LogP contribution in [0, 0.1) is 5.82 Å². The van der Waals surface area contributed by atoms with Gasteiger partial charge in [0.15, 0.2) is 0 Å². The number of aromatic nitrogens is 1. The highest BCUT2D eigenvalue weighted by molar-refractivity contribution is 7.11. The van der Waals surface area contributed by atoms with Gasteiger partial charge in [0.1, 0.15) is 10.8 Å². The van der Waals surface area contributed by atoms with Crippen LogP contribution in [0.5, 0.6) is 0 Å². The quantitative estimate of drug-likeness (QED) is 0.922. The highest BCUT2D eigenvalue weighted by Gasteiger charge is 2.21. The zero-order chi connectivity index (χ0) is 14.1. The Hall–Kier alpha value is -0.970. The van der Waals surface area contributed by atoms with E-state index in [-0.39, 0.29) is 11.9 Å². The summed E-state index contributed by atoms with van der Waals surface area (Å²) >= 11 is 7.69. The molecule has 0 amide bonds. The molecule has 1 aromatic heterocycles. The summed E-state index contributed by atoms with van der Waals surface area (Å²) in [5.74, 6) is -0.311. The number of halogens is 2. The number of aryl methyl sites for hydroxylation is 2. The topological polar surface area (TPSA) is 24.9 Å². The third-order valence-electron chi connectivity index (χ3n) is 3.62. The Bertz CT molecular complexity index is 583. The maximum Gasteiger partial charge on any atom is 0.125 e. The van der Waals surface area contributed by atoms with E-state index in [2.05, 4.69) is 5.32 Å². The standard InChI is InChI=1S/C15H16ClFN2S/c1-18-14(9-6-10(16)8-11(17)7-9)15-19-12-4-2-3-5-13(12)20-15/h6-8,14,18H,2-5H2,1H3. The van der Waals surface area contributed by atoms with E-state index >= 15 is 0 Å². The minimum atomic E-state index is -0.311. The summed E-state index contributed by atoms with van der Waals surface area (Å²) in [7, 11) is 1.86. The molecule has 0 aliphatic heterocycles. The SMILES string of the molecule is CNC(c1cc(F)cc(Cl)c1)c1nc2c(s1)CCCC2. The molecule has 0 saturated heterocycles. The van der Waals surface area contributed by atoms with E-state index in [1.807, 2.05) is 7.05 Å². The molecule has 106 valence electrons. The number of thiazole rings is 1. The summed E-state index contributed by atoms with van der Waals surface area (Å²) in [6.07, 6.45) is 4.64. The number of nitrogens with one attached hydrogen (secondary N) is 1. The molecule has 5 heteroatoms. The molecule has 0 fully saturated rings. The third kappa shape index (κ3) is 2.73. The summed E-state index contributed by atoms with van der Waals surface area (Å²) in [5, 5.41) is 4.64. The van der Waals surface area contributed by atoms with Crippen molar-refractivity contribution >= 4 is 22.9 Å². The average molecular weight is 311 g/mol. The molecule has 1 aromatic carbocycles. The second-order valence-electron chi connectivity index (χ2n) is 5.05. The van der Waals surface area contributed by atoms with Crippen LogP contribution >= 0.6 is 22.9 Å². The van der Waals surface area contributed by atoms with Gasteiger partial charge >= 0.3 is 0 Å². The first-order valence-electron chi connectivity index (χ1n) is 6.79. The van der Waals surface area contributed by atoms with Crippen molar-refractivity contribution in [3.63, 3.8) is 0 Å². The highest BCUT2D eigenvalue weighted by atomic mass is 35.5. The Balaban J connectivity index is 1.98. The lowest BCUT2D eigenvalue weighted by Crippen LogP contribution is -2.17. The monoisotopic (exact) mass is 310 g/mol. The van der Waals surface area contributed by atoms with Crippen molar-refractivity contribution in [2.24, 2.45) is 0 Å². The summed E-state index contributed by atoms with van der Waals surface area (Å²) in [6.45, 7) is 0. The zero-order valence-corrected chi connectivity index (χ0v) is 12.8. The number of hydrogen-bond acceptors (Lipinski definition) is 3. The summed E-state index contributed by atoms with van der Waals surface area (Å²) in [5.41, 5.74) is 2.04. The van der Waals surface area contributed by atoms with Crippen molar-refractivity contribution in [3.8, 4) is 0 Å². The lowest BCUT2D eigenvalue weighted by Gasteiger charge is -2.14. The molecule has 2 aromatic rings. The first kappa shape index (κ1) is 14.0. The Kier molecular flexibility index (Phi) is 4.06. The van der Waals surface area contributed by atoms with E-state index in [9.17, 15) is 4.39 Å². The predicted molar refractivity (Wildman–Crippen MR) is 81.1 cm³/mol. The minimum absolute atomic E-state index is 0.0983. The molecular weight excluding hydrogens is 295 g/mol. The second kappa shape index (κ2) is 5.80. The first-order valence-corrected chi connectivity index (χ1v) is 7.98. The lowest BCUT2D eigenvalue weighted by atomic mass is 10.0. The van der Waals surface area contributed by atoms with Gasteiger partial charge in [-0.3, -0.25) is 0 Å². The highest BCUT2D eigenvalue weighted by Crippen LogP contribution is 2.33. The molecule has 0 saturated carbocycles. The van der Waals surface area contributed by atoms with Crippen LogP contribution in [0.3, 0.4) is 0 Å². The molecule has 1 atom stereocenters. The molecule has 2 nitrogen and oxygen atoms in total. The fraction of sp³-hybridized carbons (Fsp3) is 0.400. The van der Waals surface area contributed by atoms with Crippen LogP contribution in [0.1, 0.15) is 40.0 Å². The van der Waals surface area contributed by atoms with E-state index in [1.54, 1.807) is 17.4 Å². The molecule has 0 radical (unpaired) electrons. The van der Waals surface area contributed by atoms with Crippen LogP contribution < -0.4 is 5.32 Å². The average Bonchev–Trinajstić information content (AvgIpc) is 2.81. The van der Waals surface area contributed by atoms with Gasteiger partial charge in [0, 0.05) is 9.90 Å². The van der Waals surface area contributed by atoms with E-state index in [4.69, 9.17) is 16.6 Å². The Morgan fingerprint density at radius 1 is 1.30 bits per heavy atom. The van der Waals surface area contributed by atoms with Crippen LogP contribution in [-0.2, 0) is 12.8 Å². The van der Waals surface area contributed by atoms with Gasteiger partial charge in [0.25, 0.3) is 0 Å². The Morgan fingerprint density at radius 3 is 2.80 bits per heavy atom. The van der Waals surface area contributed by atoms with Gasteiger partial charge < -0.3 is 5.32 Å².